The van der Waals surface area contributed by atoms with E-state index in [4.69, 9.17) is 4.74 Å². The second kappa shape index (κ2) is 5.85. The molecule has 1 fully saturated rings. The quantitative estimate of drug-likeness (QED) is 0.881. The fourth-order valence-corrected chi connectivity index (χ4v) is 2.61. The van der Waals surface area contributed by atoms with Gasteiger partial charge in [-0.2, -0.15) is 0 Å². The van der Waals surface area contributed by atoms with Crippen molar-refractivity contribution in [2.24, 2.45) is 0 Å². The molecule has 2 atom stereocenters. The van der Waals surface area contributed by atoms with Crippen LogP contribution in [0.15, 0.2) is 12.1 Å². The Morgan fingerprint density at radius 2 is 1.94 bits per heavy atom. The topological polar surface area (TPSA) is 21.3 Å². The van der Waals surface area contributed by atoms with Crippen LogP contribution in [0.3, 0.4) is 0 Å². The summed E-state index contributed by atoms with van der Waals surface area (Å²) in [5.41, 5.74) is 5.54. The Kier molecular flexibility index (Phi) is 4.41. The molecule has 1 aliphatic heterocycles. The van der Waals surface area contributed by atoms with Gasteiger partial charge in [-0.3, -0.25) is 0 Å². The molecule has 2 heteroatoms. The zero-order chi connectivity index (χ0) is 13.1. The molecule has 0 amide bonds. The first-order valence-corrected chi connectivity index (χ1v) is 6.99. The molecule has 0 saturated carbocycles. The number of hydrogen-bond acceptors (Lipinski definition) is 2. The van der Waals surface area contributed by atoms with E-state index in [1.54, 1.807) is 0 Å². The fraction of sp³-hybridized carbons (Fsp3) is 0.625. The Morgan fingerprint density at radius 1 is 1.22 bits per heavy atom. The third-order valence-corrected chi connectivity index (χ3v) is 4.09. The van der Waals surface area contributed by atoms with Crippen molar-refractivity contribution in [1.82, 2.24) is 5.32 Å². The zero-order valence-electron chi connectivity index (χ0n) is 12.0. The van der Waals surface area contributed by atoms with Gasteiger partial charge in [0.15, 0.2) is 0 Å². The van der Waals surface area contributed by atoms with E-state index in [1.165, 1.54) is 35.1 Å². The Hall–Kier alpha value is -0.860. The van der Waals surface area contributed by atoms with Gasteiger partial charge in [0.2, 0.25) is 0 Å². The summed E-state index contributed by atoms with van der Waals surface area (Å²) in [4.78, 5) is 0. The maximum absolute atomic E-state index is 5.71. The highest BCUT2D eigenvalue weighted by atomic mass is 16.5. The summed E-state index contributed by atoms with van der Waals surface area (Å²) >= 11 is 0. The highest BCUT2D eigenvalue weighted by Crippen LogP contribution is 2.18. The second-order valence-electron chi connectivity index (χ2n) is 5.58. The molecule has 2 nitrogen and oxygen atoms in total. The van der Waals surface area contributed by atoms with Crippen LogP contribution < -0.4 is 5.32 Å². The van der Waals surface area contributed by atoms with Crippen molar-refractivity contribution in [1.29, 1.82) is 0 Å². The van der Waals surface area contributed by atoms with E-state index in [9.17, 15) is 0 Å². The van der Waals surface area contributed by atoms with E-state index >= 15 is 0 Å². The zero-order valence-corrected chi connectivity index (χ0v) is 12.0. The molecule has 1 N–H and O–H groups in total. The monoisotopic (exact) mass is 247 g/mol. The molecular formula is C16H25NO. The summed E-state index contributed by atoms with van der Waals surface area (Å²) in [6, 6.07) is 5.02. The van der Waals surface area contributed by atoms with Crippen LogP contribution in [0.1, 0.15) is 42.0 Å². The summed E-state index contributed by atoms with van der Waals surface area (Å²) in [6.07, 6.45) is 2.80. The van der Waals surface area contributed by atoms with E-state index in [0.717, 1.165) is 13.2 Å². The molecule has 1 aromatic carbocycles. The van der Waals surface area contributed by atoms with Gasteiger partial charge in [-0.25, -0.2) is 0 Å². The normalized spacial score (nSPS) is 21.2. The van der Waals surface area contributed by atoms with Gasteiger partial charge in [-0.15, -0.1) is 0 Å². The van der Waals surface area contributed by atoms with E-state index in [-0.39, 0.29) is 0 Å². The van der Waals surface area contributed by atoms with Crippen LogP contribution in [0, 0.1) is 20.8 Å². The standard InChI is InChI=1S/C16H25NO/c1-11-8-13(3)15(9-12(11)2)10-17-14(4)16-6-5-7-18-16/h8-9,14,16-17H,5-7,10H2,1-4H3. The van der Waals surface area contributed by atoms with Gasteiger partial charge in [-0.05, 0) is 62.8 Å². The van der Waals surface area contributed by atoms with Crippen LogP contribution in [-0.4, -0.2) is 18.8 Å². The predicted octanol–water partition coefficient (Wildman–Crippen LogP) is 3.27. The van der Waals surface area contributed by atoms with Crippen LogP contribution in [0.5, 0.6) is 0 Å². The molecule has 18 heavy (non-hydrogen) atoms. The van der Waals surface area contributed by atoms with E-state index in [2.05, 4.69) is 45.1 Å². The molecule has 0 aliphatic carbocycles. The van der Waals surface area contributed by atoms with Gasteiger partial charge in [0.1, 0.15) is 0 Å². The lowest BCUT2D eigenvalue weighted by Crippen LogP contribution is -2.36. The molecule has 2 unspecified atom stereocenters. The van der Waals surface area contributed by atoms with E-state index in [1.807, 2.05) is 0 Å². The number of rotatable bonds is 4. The minimum atomic E-state index is 0.400. The van der Waals surface area contributed by atoms with Crippen molar-refractivity contribution in [3.05, 3.63) is 34.4 Å². The molecular weight excluding hydrogens is 222 g/mol. The van der Waals surface area contributed by atoms with Crippen molar-refractivity contribution in [3.8, 4) is 0 Å². The molecule has 0 radical (unpaired) electrons. The van der Waals surface area contributed by atoms with Gasteiger partial charge < -0.3 is 10.1 Å². The molecule has 0 bridgehead atoms. The van der Waals surface area contributed by atoms with Crippen LogP contribution in [0.2, 0.25) is 0 Å². The van der Waals surface area contributed by atoms with E-state index < -0.39 is 0 Å². The minimum absolute atomic E-state index is 0.400. The number of ether oxygens (including phenoxy) is 1. The van der Waals surface area contributed by atoms with Crippen molar-refractivity contribution < 1.29 is 4.74 Å². The first kappa shape index (κ1) is 13.6. The Balaban J connectivity index is 1.95. The predicted molar refractivity (Wildman–Crippen MR) is 75.9 cm³/mol. The fourth-order valence-electron chi connectivity index (χ4n) is 2.61. The second-order valence-corrected chi connectivity index (χ2v) is 5.58. The SMILES string of the molecule is Cc1cc(C)c(CNC(C)C2CCCO2)cc1C. The lowest BCUT2D eigenvalue weighted by Gasteiger charge is -2.21. The van der Waals surface area contributed by atoms with Crippen LogP contribution >= 0.6 is 0 Å². The highest BCUT2D eigenvalue weighted by molar-refractivity contribution is 5.36. The lowest BCUT2D eigenvalue weighted by molar-refractivity contribution is 0.0832. The molecule has 0 spiro atoms. The lowest BCUT2D eigenvalue weighted by atomic mass is 10.0. The van der Waals surface area contributed by atoms with Gasteiger partial charge >= 0.3 is 0 Å². The minimum Gasteiger partial charge on any atom is -0.377 e. The summed E-state index contributed by atoms with van der Waals surface area (Å²) in [6.45, 7) is 10.6. The number of benzene rings is 1. The average Bonchev–Trinajstić information content (AvgIpc) is 2.85. The van der Waals surface area contributed by atoms with Crippen molar-refractivity contribution in [2.45, 2.75) is 59.2 Å². The third kappa shape index (κ3) is 3.12. The maximum Gasteiger partial charge on any atom is 0.0726 e. The first-order valence-electron chi connectivity index (χ1n) is 6.99. The van der Waals surface area contributed by atoms with Crippen LogP contribution in [-0.2, 0) is 11.3 Å². The van der Waals surface area contributed by atoms with Crippen molar-refractivity contribution >= 4 is 0 Å². The van der Waals surface area contributed by atoms with Gasteiger partial charge in [0.25, 0.3) is 0 Å². The Morgan fingerprint density at radius 3 is 2.61 bits per heavy atom. The summed E-state index contributed by atoms with van der Waals surface area (Å²) in [5.74, 6) is 0. The molecule has 1 heterocycles. The number of aryl methyl sites for hydroxylation is 3. The van der Waals surface area contributed by atoms with Gasteiger partial charge in [0.05, 0.1) is 6.10 Å². The summed E-state index contributed by atoms with van der Waals surface area (Å²) < 4.78 is 5.71. The highest BCUT2D eigenvalue weighted by Gasteiger charge is 2.21. The van der Waals surface area contributed by atoms with Crippen LogP contribution in [0.4, 0.5) is 0 Å². The van der Waals surface area contributed by atoms with E-state index in [0.29, 0.717) is 12.1 Å². The summed E-state index contributed by atoms with van der Waals surface area (Å²) in [7, 11) is 0. The largest absolute Gasteiger partial charge is 0.377 e. The smallest absolute Gasteiger partial charge is 0.0726 e. The Bertz CT molecular complexity index is 408. The Labute approximate surface area is 111 Å². The first-order chi connectivity index (χ1) is 8.58. The van der Waals surface area contributed by atoms with Crippen molar-refractivity contribution in [3.63, 3.8) is 0 Å². The summed E-state index contributed by atoms with van der Waals surface area (Å²) in [5, 5.41) is 3.60. The molecule has 1 aliphatic rings. The third-order valence-electron chi connectivity index (χ3n) is 4.09. The number of nitrogens with one attached hydrogen (secondary N) is 1. The molecule has 1 saturated heterocycles. The molecule has 2 rings (SSSR count). The molecule has 0 aromatic heterocycles. The molecule has 100 valence electrons. The van der Waals surface area contributed by atoms with Crippen molar-refractivity contribution in [2.75, 3.05) is 6.61 Å². The number of hydrogen-bond donors (Lipinski definition) is 1. The van der Waals surface area contributed by atoms with Crippen LogP contribution in [0.25, 0.3) is 0 Å². The van der Waals surface area contributed by atoms with Gasteiger partial charge in [0, 0.05) is 19.2 Å². The average molecular weight is 247 g/mol. The maximum atomic E-state index is 5.71. The molecule has 1 aromatic rings. The van der Waals surface area contributed by atoms with Gasteiger partial charge in [-0.1, -0.05) is 12.1 Å².